The summed E-state index contributed by atoms with van der Waals surface area (Å²) in [6, 6.07) is 0. The Balaban J connectivity index is 1.44. The average molecular weight is 308 g/mol. The van der Waals surface area contributed by atoms with Crippen molar-refractivity contribution in [2.75, 3.05) is 12.4 Å². The van der Waals surface area contributed by atoms with Gasteiger partial charge in [0.2, 0.25) is 5.91 Å². The summed E-state index contributed by atoms with van der Waals surface area (Å²) in [5.41, 5.74) is 0.926. The van der Waals surface area contributed by atoms with E-state index in [1.807, 2.05) is 5.38 Å². The van der Waals surface area contributed by atoms with Gasteiger partial charge >= 0.3 is 5.97 Å². The summed E-state index contributed by atoms with van der Waals surface area (Å²) in [7, 11) is 1.39. The number of esters is 1. The van der Waals surface area contributed by atoms with Crippen molar-refractivity contribution in [3.8, 4) is 0 Å². The smallest absolute Gasteiger partial charge is 0.305 e. The topological polar surface area (TPSA) is 68.3 Å². The number of anilines is 1. The highest BCUT2D eigenvalue weighted by atomic mass is 32.1. The number of nitrogens with one attached hydrogen (secondary N) is 1. The molecular weight excluding hydrogens is 288 g/mol. The molecule has 2 unspecified atom stereocenters. The fraction of sp³-hybridized carbons (Fsp3) is 0.667. The predicted molar refractivity (Wildman–Crippen MR) is 80.0 cm³/mol. The lowest BCUT2D eigenvalue weighted by atomic mass is 10.1. The lowest BCUT2D eigenvalue weighted by Gasteiger charge is -2.03. The molecule has 1 aromatic rings. The summed E-state index contributed by atoms with van der Waals surface area (Å²) >= 11 is 1.46. The number of methoxy groups -OCH3 is 1. The Morgan fingerprint density at radius 3 is 2.90 bits per heavy atom. The number of ether oxygens (including phenoxy) is 1. The second-order valence-corrected chi connectivity index (χ2v) is 6.71. The number of nitrogens with zero attached hydrogens (tertiary/aromatic N) is 1. The molecule has 114 valence electrons. The maximum absolute atomic E-state index is 12.1. The highest BCUT2D eigenvalue weighted by molar-refractivity contribution is 7.13. The van der Waals surface area contributed by atoms with Crippen molar-refractivity contribution in [3.63, 3.8) is 0 Å². The zero-order valence-corrected chi connectivity index (χ0v) is 12.9. The van der Waals surface area contributed by atoms with E-state index in [-0.39, 0.29) is 17.8 Å². The van der Waals surface area contributed by atoms with Crippen LogP contribution in [0.25, 0.3) is 0 Å². The molecule has 0 bridgehead atoms. The van der Waals surface area contributed by atoms with Crippen LogP contribution in [0.1, 0.15) is 37.8 Å². The lowest BCUT2D eigenvalue weighted by molar-refractivity contribution is -0.140. The lowest BCUT2D eigenvalue weighted by Crippen LogP contribution is -2.16. The Labute approximate surface area is 128 Å². The summed E-state index contributed by atoms with van der Waals surface area (Å²) in [6.45, 7) is 0. The molecule has 0 spiro atoms. The van der Waals surface area contributed by atoms with Crippen LogP contribution in [0, 0.1) is 17.8 Å². The molecule has 1 N–H and O–H groups in total. The van der Waals surface area contributed by atoms with Gasteiger partial charge < -0.3 is 10.1 Å². The molecule has 1 amide bonds. The Morgan fingerprint density at radius 2 is 2.19 bits per heavy atom. The van der Waals surface area contributed by atoms with E-state index in [2.05, 4.69) is 15.0 Å². The van der Waals surface area contributed by atoms with Crippen LogP contribution in [0.3, 0.4) is 0 Å². The molecule has 0 aromatic carbocycles. The van der Waals surface area contributed by atoms with Crippen molar-refractivity contribution in [1.82, 2.24) is 4.98 Å². The number of aromatic nitrogens is 1. The first-order valence-corrected chi connectivity index (χ1v) is 8.39. The Bertz CT molecular complexity index is 533. The molecule has 2 aliphatic carbocycles. The Kier molecular flexibility index (Phi) is 4.24. The van der Waals surface area contributed by atoms with Crippen molar-refractivity contribution < 1.29 is 14.3 Å². The summed E-state index contributed by atoms with van der Waals surface area (Å²) in [5, 5.41) is 5.56. The number of aryl methyl sites for hydroxylation is 1. The number of carbonyl (C=O) groups is 2. The molecule has 3 rings (SSSR count). The normalized spacial score (nSPS) is 26.2. The van der Waals surface area contributed by atoms with Crippen LogP contribution >= 0.6 is 11.3 Å². The van der Waals surface area contributed by atoms with Crippen LogP contribution in [0.5, 0.6) is 0 Å². The first-order valence-electron chi connectivity index (χ1n) is 7.51. The van der Waals surface area contributed by atoms with Gasteiger partial charge in [-0.3, -0.25) is 9.59 Å². The Morgan fingerprint density at radius 1 is 1.43 bits per heavy atom. The van der Waals surface area contributed by atoms with Crippen LogP contribution in [-0.4, -0.2) is 24.0 Å². The number of hydrogen-bond donors (Lipinski definition) is 1. The maximum atomic E-state index is 12.1. The van der Waals surface area contributed by atoms with E-state index in [1.165, 1.54) is 37.7 Å². The van der Waals surface area contributed by atoms with Crippen LogP contribution in [0.4, 0.5) is 5.13 Å². The molecule has 2 aliphatic rings. The van der Waals surface area contributed by atoms with E-state index in [0.717, 1.165) is 18.5 Å². The first-order chi connectivity index (χ1) is 10.2. The molecule has 2 saturated carbocycles. The molecule has 5 nitrogen and oxygen atoms in total. The van der Waals surface area contributed by atoms with Gasteiger partial charge in [-0.05, 0) is 37.5 Å². The van der Waals surface area contributed by atoms with Gasteiger partial charge in [-0.2, -0.15) is 0 Å². The fourth-order valence-corrected chi connectivity index (χ4v) is 4.14. The minimum atomic E-state index is -0.195. The number of carbonyl (C=O) groups excluding carboxylic acids is 2. The van der Waals surface area contributed by atoms with Crippen molar-refractivity contribution in [3.05, 3.63) is 11.1 Å². The number of fused-ring (bicyclic) bond motifs is 1. The molecular formula is C15H20N2O3S. The minimum absolute atomic E-state index is 0.139. The van der Waals surface area contributed by atoms with Crippen molar-refractivity contribution >= 4 is 28.3 Å². The number of hydrogen-bond acceptors (Lipinski definition) is 5. The third-order valence-electron chi connectivity index (χ3n) is 4.53. The summed E-state index contributed by atoms with van der Waals surface area (Å²) in [4.78, 5) is 27.6. The van der Waals surface area contributed by atoms with Crippen molar-refractivity contribution in [1.29, 1.82) is 0 Å². The van der Waals surface area contributed by atoms with Gasteiger partial charge in [-0.1, -0.05) is 6.42 Å². The average Bonchev–Trinajstić information content (AvgIpc) is 2.82. The number of thiazole rings is 1. The van der Waals surface area contributed by atoms with Gasteiger partial charge in [-0.15, -0.1) is 11.3 Å². The SMILES string of the molecule is COC(=O)CCCc1csc(NC(=O)C2C3CCCC32)n1. The second-order valence-electron chi connectivity index (χ2n) is 5.85. The van der Waals surface area contributed by atoms with Gasteiger partial charge in [0.25, 0.3) is 0 Å². The summed E-state index contributed by atoms with van der Waals surface area (Å²) in [6.07, 6.45) is 5.55. The molecule has 1 aromatic heterocycles. The molecule has 2 atom stereocenters. The molecule has 1 heterocycles. The quantitative estimate of drug-likeness (QED) is 0.820. The molecule has 6 heteroatoms. The standard InChI is InChI=1S/C15H20N2O3S/c1-20-12(18)7-2-4-9-8-21-15(16-9)17-14(19)13-10-5-3-6-11(10)13/h8,10-11,13H,2-7H2,1H3,(H,16,17,19). The first kappa shape index (κ1) is 14.5. The van der Waals surface area contributed by atoms with Gasteiger partial charge in [-0.25, -0.2) is 4.98 Å². The highest BCUT2D eigenvalue weighted by Crippen LogP contribution is 2.57. The molecule has 21 heavy (non-hydrogen) atoms. The molecule has 2 fully saturated rings. The summed E-state index contributed by atoms with van der Waals surface area (Å²) < 4.78 is 4.60. The van der Waals surface area contributed by atoms with Gasteiger partial charge in [0, 0.05) is 17.7 Å². The van der Waals surface area contributed by atoms with E-state index in [1.54, 1.807) is 0 Å². The minimum Gasteiger partial charge on any atom is -0.469 e. The molecule has 0 aliphatic heterocycles. The highest BCUT2D eigenvalue weighted by Gasteiger charge is 2.56. The number of amides is 1. The van der Waals surface area contributed by atoms with Crippen molar-refractivity contribution in [2.24, 2.45) is 17.8 Å². The van der Waals surface area contributed by atoms with Crippen LogP contribution in [-0.2, 0) is 20.7 Å². The second kappa shape index (κ2) is 6.13. The maximum Gasteiger partial charge on any atom is 0.305 e. The van der Waals surface area contributed by atoms with E-state index >= 15 is 0 Å². The van der Waals surface area contributed by atoms with Crippen LogP contribution in [0.15, 0.2) is 5.38 Å². The van der Waals surface area contributed by atoms with E-state index in [9.17, 15) is 9.59 Å². The van der Waals surface area contributed by atoms with E-state index in [0.29, 0.717) is 23.4 Å². The monoisotopic (exact) mass is 308 g/mol. The summed E-state index contributed by atoms with van der Waals surface area (Å²) in [5.74, 6) is 1.43. The van der Waals surface area contributed by atoms with Crippen LogP contribution < -0.4 is 5.32 Å². The van der Waals surface area contributed by atoms with Gasteiger partial charge in [0.05, 0.1) is 12.8 Å². The van der Waals surface area contributed by atoms with Gasteiger partial charge in [0.1, 0.15) is 0 Å². The molecule has 0 radical (unpaired) electrons. The third-order valence-corrected chi connectivity index (χ3v) is 5.34. The Hall–Kier alpha value is -1.43. The number of rotatable bonds is 6. The third kappa shape index (κ3) is 3.26. The van der Waals surface area contributed by atoms with Gasteiger partial charge in [0.15, 0.2) is 5.13 Å². The van der Waals surface area contributed by atoms with Crippen molar-refractivity contribution in [2.45, 2.75) is 38.5 Å². The van der Waals surface area contributed by atoms with Crippen LogP contribution in [0.2, 0.25) is 0 Å². The van der Waals surface area contributed by atoms with E-state index < -0.39 is 0 Å². The zero-order chi connectivity index (χ0) is 14.8. The predicted octanol–water partition coefficient (Wildman–Crippen LogP) is 2.62. The fourth-order valence-electron chi connectivity index (χ4n) is 3.39. The molecule has 0 saturated heterocycles. The largest absolute Gasteiger partial charge is 0.469 e. The van der Waals surface area contributed by atoms with E-state index in [4.69, 9.17) is 0 Å². The zero-order valence-electron chi connectivity index (χ0n) is 12.1.